The molecule has 5 nitrogen and oxygen atoms in total. The fourth-order valence-corrected chi connectivity index (χ4v) is 1.17. The molecule has 1 atom stereocenters. The summed E-state index contributed by atoms with van der Waals surface area (Å²) >= 11 is 0. The van der Waals surface area contributed by atoms with Gasteiger partial charge in [0.25, 0.3) is 5.91 Å². The highest BCUT2D eigenvalue weighted by molar-refractivity contribution is 5.97. The van der Waals surface area contributed by atoms with Gasteiger partial charge >= 0.3 is 0 Å². The monoisotopic (exact) mass is 221 g/mol. The van der Waals surface area contributed by atoms with Crippen molar-refractivity contribution in [3.05, 3.63) is 29.3 Å². The number of carbonyl (C=O) groups is 2. The summed E-state index contributed by atoms with van der Waals surface area (Å²) in [6.07, 6.45) is 0. The second-order valence-electron chi connectivity index (χ2n) is 3.67. The van der Waals surface area contributed by atoms with Crippen molar-refractivity contribution in [3.8, 4) is 0 Å². The Hall–Kier alpha value is -2.04. The predicted molar refractivity (Wildman–Crippen MR) is 61.7 cm³/mol. The summed E-state index contributed by atoms with van der Waals surface area (Å²) in [4.78, 5) is 22.4. The molecule has 0 aliphatic carbocycles. The lowest BCUT2D eigenvalue weighted by Crippen LogP contribution is -2.42. The van der Waals surface area contributed by atoms with E-state index in [9.17, 15) is 9.59 Å². The van der Waals surface area contributed by atoms with E-state index in [0.717, 1.165) is 5.56 Å². The zero-order valence-corrected chi connectivity index (χ0v) is 9.28. The molecule has 0 heterocycles. The molecule has 2 amide bonds. The number of nitrogens with two attached hydrogens (primary N) is 2. The third-order valence-electron chi connectivity index (χ3n) is 2.31. The number of hydrogen-bond donors (Lipinski definition) is 3. The number of primary amides is 1. The van der Waals surface area contributed by atoms with Gasteiger partial charge in [0.05, 0.1) is 0 Å². The van der Waals surface area contributed by atoms with Crippen molar-refractivity contribution in [2.24, 2.45) is 5.73 Å². The molecule has 0 fully saturated rings. The highest BCUT2D eigenvalue weighted by atomic mass is 16.2. The fourth-order valence-electron chi connectivity index (χ4n) is 1.17. The topological polar surface area (TPSA) is 98.2 Å². The summed E-state index contributed by atoms with van der Waals surface area (Å²) in [5, 5.41) is 2.49. The second kappa shape index (κ2) is 4.65. The maximum Gasteiger partial charge on any atom is 0.251 e. The number of carbonyl (C=O) groups excluding carboxylic acids is 2. The zero-order valence-electron chi connectivity index (χ0n) is 9.28. The Morgan fingerprint density at radius 2 is 2.00 bits per heavy atom. The Balaban J connectivity index is 2.81. The van der Waals surface area contributed by atoms with Crippen LogP contribution in [0.25, 0.3) is 0 Å². The summed E-state index contributed by atoms with van der Waals surface area (Å²) < 4.78 is 0. The third-order valence-corrected chi connectivity index (χ3v) is 2.31. The average molecular weight is 221 g/mol. The fraction of sp³-hybridized carbons (Fsp3) is 0.273. The molecule has 1 unspecified atom stereocenters. The quantitative estimate of drug-likeness (QED) is 0.635. The van der Waals surface area contributed by atoms with Crippen LogP contribution >= 0.6 is 0 Å². The Morgan fingerprint density at radius 3 is 2.50 bits per heavy atom. The van der Waals surface area contributed by atoms with Crippen molar-refractivity contribution in [1.82, 2.24) is 5.32 Å². The van der Waals surface area contributed by atoms with Crippen LogP contribution in [0.15, 0.2) is 18.2 Å². The number of hydrogen-bond acceptors (Lipinski definition) is 3. The van der Waals surface area contributed by atoms with Crippen molar-refractivity contribution >= 4 is 17.5 Å². The molecule has 1 aromatic rings. The van der Waals surface area contributed by atoms with Gasteiger partial charge in [-0.2, -0.15) is 0 Å². The first kappa shape index (κ1) is 12.0. The van der Waals surface area contributed by atoms with Gasteiger partial charge in [0, 0.05) is 11.3 Å². The van der Waals surface area contributed by atoms with Crippen molar-refractivity contribution < 1.29 is 9.59 Å². The van der Waals surface area contributed by atoms with Crippen LogP contribution in [0.3, 0.4) is 0 Å². The number of nitrogen functional groups attached to an aromatic ring is 1. The van der Waals surface area contributed by atoms with Crippen LogP contribution in [0.4, 0.5) is 5.69 Å². The number of anilines is 1. The van der Waals surface area contributed by atoms with E-state index in [-0.39, 0.29) is 5.91 Å². The molecule has 5 N–H and O–H groups in total. The average Bonchev–Trinajstić information content (AvgIpc) is 2.21. The minimum absolute atomic E-state index is 0.339. The van der Waals surface area contributed by atoms with Crippen LogP contribution in [0, 0.1) is 6.92 Å². The molecule has 86 valence electrons. The largest absolute Gasteiger partial charge is 0.399 e. The lowest BCUT2D eigenvalue weighted by atomic mass is 10.1. The van der Waals surface area contributed by atoms with E-state index < -0.39 is 11.9 Å². The van der Waals surface area contributed by atoms with Crippen LogP contribution in [0.1, 0.15) is 22.8 Å². The number of benzene rings is 1. The maximum atomic E-state index is 11.7. The number of amides is 2. The first-order valence-corrected chi connectivity index (χ1v) is 4.88. The Morgan fingerprint density at radius 1 is 1.38 bits per heavy atom. The van der Waals surface area contributed by atoms with Gasteiger partial charge in [-0.1, -0.05) is 0 Å². The molecule has 16 heavy (non-hydrogen) atoms. The maximum absolute atomic E-state index is 11.7. The number of rotatable bonds is 3. The Labute approximate surface area is 93.8 Å². The van der Waals surface area contributed by atoms with E-state index in [1.807, 2.05) is 6.92 Å². The van der Waals surface area contributed by atoms with E-state index in [0.29, 0.717) is 11.3 Å². The lowest BCUT2D eigenvalue weighted by molar-refractivity contribution is -0.119. The second-order valence-corrected chi connectivity index (χ2v) is 3.67. The summed E-state index contributed by atoms with van der Waals surface area (Å²) in [5.74, 6) is -0.907. The van der Waals surface area contributed by atoms with Gasteiger partial charge in [0.1, 0.15) is 6.04 Å². The van der Waals surface area contributed by atoms with E-state index in [1.54, 1.807) is 18.2 Å². The first-order valence-electron chi connectivity index (χ1n) is 4.88. The van der Waals surface area contributed by atoms with E-state index in [1.165, 1.54) is 6.92 Å². The Bertz CT molecular complexity index is 429. The van der Waals surface area contributed by atoms with Crippen LogP contribution < -0.4 is 16.8 Å². The summed E-state index contributed by atoms with van der Waals surface area (Å²) in [7, 11) is 0. The van der Waals surface area contributed by atoms with Gasteiger partial charge in [-0.05, 0) is 37.6 Å². The normalized spacial score (nSPS) is 11.9. The van der Waals surface area contributed by atoms with Gasteiger partial charge in [0.2, 0.25) is 5.91 Å². The Kier molecular flexibility index (Phi) is 3.50. The molecule has 0 saturated carbocycles. The summed E-state index contributed by atoms with van der Waals surface area (Å²) in [5.41, 5.74) is 12.6. The molecule has 1 rings (SSSR count). The SMILES string of the molecule is Cc1cc(C(=O)NC(C)C(N)=O)ccc1N. The number of nitrogens with one attached hydrogen (secondary N) is 1. The molecule has 0 radical (unpaired) electrons. The molecule has 0 aliphatic rings. The molecule has 0 spiro atoms. The minimum Gasteiger partial charge on any atom is -0.399 e. The van der Waals surface area contributed by atoms with Crippen LogP contribution in [0.5, 0.6) is 0 Å². The van der Waals surface area contributed by atoms with Crippen LogP contribution in [0.2, 0.25) is 0 Å². The summed E-state index contributed by atoms with van der Waals surface area (Å²) in [6.45, 7) is 3.34. The lowest BCUT2D eigenvalue weighted by Gasteiger charge is -2.10. The van der Waals surface area contributed by atoms with Crippen molar-refractivity contribution in [2.45, 2.75) is 19.9 Å². The molecule has 0 aromatic heterocycles. The molecule has 0 aliphatic heterocycles. The van der Waals surface area contributed by atoms with Crippen LogP contribution in [-0.4, -0.2) is 17.9 Å². The van der Waals surface area contributed by atoms with Crippen molar-refractivity contribution in [1.29, 1.82) is 0 Å². The summed E-state index contributed by atoms with van der Waals surface area (Å²) in [6, 6.07) is 4.23. The van der Waals surface area contributed by atoms with Gasteiger partial charge in [-0.25, -0.2) is 0 Å². The highest BCUT2D eigenvalue weighted by Crippen LogP contribution is 2.12. The smallest absolute Gasteiger partial charge is 0.251 e. The van der Waals surface area contributed by atoms with Crippen molar-refractivity contribution in [3.63, 3.8) is 0 Å². The van der Waals surface area contributed by atoms with Crippen LogP contribution in [-0.2, 0) is 4.79 Å². The molecule has 0 bridgehead atoms. The number of aryl methyl sites for hydroxylation is 1. The predicted octanol–water partition coefficient (Wildman–Crippen LogP) is 0.181. The van der Waals surface area contributed by atoms with Gasteiger partial charge in [0.15, 0.2) is 0 Å². The van der Waals surface area contributed by atoms with Gasteiger partial charge in [-0.15, -0.1) is 0 Å². The minimum atomic E-state index is -0.689. The van der Waals surface area contributed by atoms with E-state index in [2.05, 4.69) is 5.32 Å². The third kappa shape index (κ3) is 2.73. The molecule has 0 saturated heterocycles. The van der Waals surface area contributed by atoms with E-state index >= 15 is 0 Å². The first-order chi connectivity index (χ1) is 7.41. The molecular formula is C11H15N3O2. The zero-order chi connectivity index (χ0) is 12.3. The van der Waals surface area contributed by atoms with Gasteiger partial charge < -0.3 is 16.8 Å². The van der Waals surface area contributed by atoms with Crippen molar-refractivity contribution in [2.75, 3.05) is 5.73 Å². The molecule has 1 aromatic carbocycles. The van der Waals surface area contributed by atoms with Gasteiger partial charge in [-0.3, -0.25) is 9.59 Å². The molecule has 5 heteroatoms. The van der Waals surface area contributed by atoms with E-state index in [4.69, 9.17) is 11.5 Å². The standard InChI is InChI=1S/C11H15N3O2/c1-6-5-8(3-4-9(6)12)11(16)14-7(2)10(13)15/h3-5,7H,12H2,1-2H3,(H2,13,15)(H,14,16). The highest BCUT2D eigenvalue weighted by Gasteiger charge is 2.13. The molecular weight excluding hydrogens is 206 g/mol.